The lowest BCUT2D eigenvalue weighted by Crippen LogP contribution is -2.21. The van der Waals surface area contributed by atoms with Gasteiger partial charge in [-0.15, -0.1) is 0 Å². The number of hydrogen-bond donors (Lipinski definition) is 1. The Morgan fingerprint density at radius 1 is 1.47 bits per heavy atom. The van der Waals surface area contributed by atoms with Gasteiger partial charge in [-0.05, 0) is 17.7 Å². The molecule has 0 aliphatic rings. The van der Waals surface area contributed by atoms with Gasteiger partial charge in [-0.3, -0.25) is 4.57 Å². The lowest BCUT2D eigenvalue weighted by atomic mass is 10.2. The fourth-order valence-corrected chi connectivity index (χ4v) is 2.05. The highest BCUT2D eigenvalue weighted by Crippen LogP contribution is 2.23. The molecule has 0 saturated carbocycles. The van der Waals surface area contributed by atoms with Crippen LogP contribution >= 0.6 is 11.6 Å². The molecule has 0 saturated heterocycles. The third-order valence-corrected chi connectivity index (χ3v) is 3.03. The number of rotatable bonds is 4. The first-order valence-electron chi connectivity index (χ1n) is 6.07. The van der Waals surface area contributed by atoms with E-state index in [2.05, 4.69) is 24.1 Å². The molecule has 19 heavy (non-hydrogen) atoms. The van der Waals surface area contributed by atoms with Gasteiger partial charge in [-0.2, -0.15) is 5.26 Å². The molecule has 0 radical (unpaired) electrons. The van der Waals surface area contributed by atoms with Gasteiger partial charge >= 0.3 is 0 Å². The fraction of sp³-hybridized carbons (Fsp3) is 0.286. The van der Waals surface area contributed by atoms with Crippen LogP contribution in [0.1, 0.15) is 25.2 Å². The molecule has 4 nitrogen and oxygen atoms in total. The zero-order valence-electron chi connectivity index (χ0n) is 10.9. The Hall–Kier alpha value is -1.83. The minimum Gasteiger partial charge on any atom is -0.310 e. The van der Waals surface area contributed by atoms with E-state index in [0.717, 1.165) is 17.8 Å². The van der Waals surface area contributed by atoms with Gasteiger partial charge in [-0.1, -0.05) is 31.5 Å². The lowest BCUT2D eigenvalue weighted by Gasteiger charge is -2.11. The molecular formula is C14H15ClN4. The van der Waals surface area contributed by atoms with Crippen molar-refractivity contribution in [1.29, 1.82) is 5.26 Å². The average Bonchev–Trinajstić information content (AvgIpc) is 2.84. The van der Waals surface area contributed by atoms with Gasteiger partial charge in [0, 0.05) is 25.0 Å². The second kappa shape index (κ2) is 5.87. The van der Waals surface area contributed by atoms with E-state index in [1.807, 2.05) is 24.3 Å². The lowest BCUT2D eigenvalue weighted by molar-refractivity contribution is 0.589. The smallest absolute Gasteiger partial charge is 0.217 e. The molecule has 98 valence electrons. The molecule has 0 aliphatic carbocycles. The minimum atomic E-state index is 0.329. The Labute approximate surface area is 117 Å². The molecule has 1 aromatic heterocycles. The first-order chi connectivity index (χ1) is 9.11. The third-order valence-electron chi connectivity index (χ3n) is 2.73. The molecule has 0 aliphatic heterocycles. The van der Waals surface area contributed by atoms with Gasteiger partial charge in [0.2, 0.25) is 5.82 Å². The topological polar surface area (TPSA) is 53.6 Å². The van der Waals surface area contributed by atoms with Crippen molar-refractivity contribution in [2.75, 3.05) is 0 Å². The summed E-state index contributed by atoms with van der Waals surface area (Å²) in [5, 5.41) is 12.9. The second-order valence-corrected chi connectivity index (χ2v) is 4.96. The maximum absolute atomic E-state index is 8.97. The van der Waals surface area contributed by atoms with Crippen LogP contribution in [0.5, 0.6) is 0 Å². The molecule has 1 N–H and O–H groups in total. The fourth-order valence-electron chi connectivity index (χ4n) is 1.76. The molecule has 0 spiro atoms. The summed E-state index contributed by atoms with van der Waals surface area (Å²) >= 11 is 6.28. The Balaban J connectivity index is 2.27. The van der Waals surface area contributed by atoms with Gasteiger partial charge < -0.3 is 5.32 Å². The monoisotopic (exact) mass is 274 g/mol. The van der Waals surface area contributed by atoms with Crippen LogP contribution < -0.4 is 5.32 Å². The molecule has 0 fully saturated rings. The van der Waals surface area contributed by atoms with E-state index < -0.39 is 0 Å². The summed E-state index contributed by atoms with van der Waals surface area (Å²) in [4.78, 5) is 3.96. The van der Waals surface area contributed by atoms with E-state index in [1.54, 1.807) is 17.0 Å². The number of imidazole rings is 1. The van der Waals surface area contributed by atoms with Gasteiger partial charge in [0.25, 0.3) is 0 Å². The molecule has 0 amide bonds. The summed E-state index contributed by atoms with van der Waals surface area (Å²) in [5.41, 5.74) is 1.88. The maximum atomic E-state index is 8.97. The Bertz CT molecular complexity index is 610. The van der Waals surface area contributed by atoms with Crippen molar-refractivity contribution in [2.45, 2.75) is 26.4 Å². The number of benzene rings is 1. The first-order valence-corrected chi connectivity index (χ1v) is 6.45. The van der Waals surface area contributed by atoms with Crippen molar-refractivity contribution in [3.8, 4) is 11.8 Å². The molecule has 0 unspecified atom stereocenters. The van der Waals surface area contributed by atoms with Gasteiger partial charge in [0.1, 0.15) is 6.07 Å². The number of hydrogen-bond acceptors (Lipinski definition) is 3. The van der Waals surface area contributed by atoms with Crippen LogP contribution in [0.4, 0.5) is 0 Å². The van der Waals surface area contributed by atoms with Crippen molar-refractivity contribution >= 4 is 11.6 Å². The summed E-state index contributed by atoms with van der Waals surface area (Å²) in [6, 6.07) is 8.28. The van der Waals surface area contributed by atoms with Crippen molar-refractivity contribution < 1.29 is 0 Å². The SMILES string of the molecule is CC(C)NCc1ccc(-n2ccnc2C#N)c(Cl)c1. The molecule has 2 aromatic rings. The Kier molecular flexibility index (Phi) is 4.20. The zero-order valence-corrected chi connectivity index (χ0v) is 11.6. The molecule has 0 atom stereocenters. The number of aromatic nitrogens is 2. The van der Waals surface area contributed by atoms with Crippen molar-refractivity contribution in [2.24, 2.45) is 0 Å². The highest BCUT2D eigenvalue weighted by atomic mass is 35.5. The standard InChI is InChI=1S/C14H15ClN4/c1-10(2)18-9-11-3-4-13(12(15)7-11)19-6-5-17-14(19)8-16/h3-7,10,18H,9H2,1-2H3. The zero-order chi connectivity index (χ0) is 13.8. The van der Waals surface area contributed by atoms with Crippen molar-refractivity contribution in [3.05, 3.63) is 47.0 Å². The normalized spacial score (nSPS) is 10.7. The van der Waals surface area contributed by atoms with Crippen LogP contribution in [0.2, 0.25) is 5.02 Å². The summed E-state index contributed by atoms with van der Waals surface area (Å²) in [7, 11) is 0. The molecule has 1 heterocycles. The van der Waals surface area contributed by atoms with Crippen LogP contribution in [0.15, 0.2) is 30.6 Å². The van der Waals surface area contributed by atoms with E-state index in [4.69, 9.17) is 16.9 Å². The molecule has 2 rings (SSSR count). The summed E-state index contributed by atoms with van der Waals surface area (Å²) < 4.78 is 1.68. The second-order valence-electron chi connectivity index (χ2n) is 4.55. The molecule has 5 heteroatoms. The van der Waals surface area contributed by atoms with Crippen LogP contribution in [-0.4, -0.2) is 15.6 Å². The summed E-state index contributed by atoms with van der Waals surface area (Å²) in [5.74, 6) is 0.329. The van der Waals surface area contributed by atoms with E-state index in [0.29, 0.717) is 16.9 Å². The van der Waals surface area contributed by atoms with Crippen LogP contribution in [-0.2, 0) is 6.54 Å². The molecular weight excluding hydrogens is 260 g/mol. The number of nitriles is 1. The largest absolute Gasteiger partial charge is 0.310 e. The van der Waals surface area contributed by atoms with Crippen LogP contribution in [0.3, 0.4) is 0 Å². The quantitative estimate of drug-likeness (QED) is 0.933. The predicted octanol–water partition coefficient (Wildman–Crippen LogP) is 2.90. The Morgan fingerprint density at radius 2 is 2.26 bits per heavy atom. The van der Waals surface area contributed by atoms with E-state index in [9.17, 15) is 0 Å². The Morgan fingerprint density at radius 3 is 2.89 bits per heavy atom. The number of nitrogens with one attached hydrogen (secondary N) is 1. The number of halogens is 1. The summed E-state index contributed by atoms with van der Waals surface area (Å²) in [6.07, 6.45) is 3.31. The van der Waals surface area contributed by atoms with E-state index in [1.165, 1.54) is 0 Å². The predicted molar refractivity (Wildman–Crippen MR) is 75.3 cm³/mol. The van der Waals surface area contributed by atoms with E-state index >= 15 is 0 Å². The minimum absolute atomic E-state index is 0.329. The first kappa shape index (κ1) is 13.6. The van der Waals surface area contributed by atoms with Crippen LogP contribution in [0.25, 0.3) is 5.69 Å². The van der Waals surface area contributed by atoms with Gasteiger partial charge in [0.05, 0.1) is 10.7 Å². The average molecular weight is 275 g/mol. The van der Waals surface area contributed by atoms with E-state index in [-0.39, 0.29) is 0 Å². The third kappa shape index (κ3) is 3.14. The van der Waals surface area contributed by atoms with Gasteiger partial charge in [0.15, 0.2) is 0 Å². The van der Waals surface area contributed by atoms with Crippen LogP contribution in [0, 0.1) is 11.3 Å². The van der Waals surface area contributed by atoms with Crippen molar-refractivity contribution in [1.82, 2.24) is 14.9 Å². The highest BCUT2D eigenvalue weighted by molar-refractivity contribution is 6.32. The molecule has 0 bridgehead atoms. The molecule has 1 aromatic carbocycles. The summed E-state index contributed by atoms with van der Waals surface area (Å²) in [6.45, 7) is 4.97. The van der Waals surface area contributed by atoms with Crippen molar-refractivity contribution in [3.63, 3.8) is 0 Å². The highest BCUT2D eigenvalue weighted by Gasteiger charge is 2.08. The number of nitrogens with zero attached hydrogens (tertiary/aromatic N) is 3. The van der Waals surface area contributed by atoms with Gasteiger partial charge in [-0.25, -0.2) is 4.98 Å². The maximum Gasteiger partial charge on any atom is 0.217 e.